The Balaban J connectivity index is 2.33. The molecular formula is C14H11Cl3N2O. The first kappa shape index (κ1) is 15.1. The Morgan fingerprint density at radius 3 is 2.40 bits per heavy atom. The molecule has 6 heteroatoms. The van der Waals surface area contributed by atoms with Crippen molar-refractivity contribution >= 4 is 46.4 Å². The van der Waals surface area contributed by atoms with E-state index in [1.165, 1.54) is 0 Å². The lowest BCUT2D eigenvalue weighted by atomic mass is 10.1. The molecule has 0 aliphatic rings. The van der Waals surface area contributed by atoms with Gasteiger partial charge in [-0.05, 0) is 49.2 Å². The summed E-state index contributed by atoms with van der Waals surface area (Å²) in [6.07, 6.45) is 0. The molecule has 0 saturated heterocycles. The van der Waals surface area contributed by atoms with E-state index in [0.717, 1.165) is 11.1 Å². The van der Waals surface area contributed by atoms with Crippen molar-refractivity contribution in [1.29, 1.82) is 0 Å². The number of carbonyl (C=O) groups is 1. The fourth-order valence-electron chi connectivity index (χ4n) is 1.81. The molecule has 0 saturated carbocycles. The predicted octanol–water partition coefficient (Wildman–Crippen LogP) is 4.91. The molecule has 0 aliphatic carbocycles. The predicted molar refractivity (Wildman–Crippen MR) is 83.1 cm³/mol. The van der Waals surface area contributed by atoms with Crippen molar-refractivity contribution in [3.8, 4) is 0 Å². The van der Waals surface area contributed by atoms with Gasteiger partial charge in [0.1, 0.15) is 5.15 Å². The van der Waals surface area contributed by atoms with E-state index in [1.54, 1.807) is 31.2 Å². The summed E-state index contributed by atoms with van der Waals surface area (Å²) in [5, 5.41) is 3.78. The minimum Gasteiger partial charge on any atom is -0.319 e. The second-order valence-electron chi connectivity index (χ2n) is 4.34. The minimum atomic E-state index is -0.270. The average Bonchev–Trinajstić information content (AvgIpc) is 2.33. The van der Waals surface area contributed by atoms with Crippen molar-refractivity contribution in [2.75, 3.05) is 5.32 Å². The molecule has 1 amide bonds. The van der Waals surface area contributed by atoms with Crippen LogP contribution in [-0.2, 0) is 0 Å². The third kappa shape index (κ3) is 3.23. The monoisotopic (exact) mass is 328 g/mol. The summed E-state index contributed by atoms with van der Waals surface area (Å²) < 4.78 is 0. The third-order valence-corrected chi connectivity index (χ3v) is 3.52. The van der Waals surface area contributed by atoms with Gasteiger partial charge in [0.15, 0.2) is 5.15 Å². The lowest BCUT2D eigenvalue weighted by Crippen LogP contribution is -2.15. The maximum atomic E-state index is 12.3. The first-order valence-electron chi connectivity index (χ1n) is 5.78. The average molecular weight is 330 g/mol. The molecule has 3 nitrogen and oxygen atoms in total. The number of amides is 1. The topological polar surface area (TPSA) is 42.0 Å². The van der Waals surface area contributed by atoms with Crippen molar-refractivity contribution in [3.05, 3.63) is 56.3 Å². The smallest absolute Gasteiger partial charge is 0.256 e. The van der Waals surface area contributed by atoms with Crippen LogP contribution in [0.2, 0.25) is 15.3 Å². The van der Waals surface area contributed by atoms with Crippen molar-refractivity contribution in [3.63, 3.8) is 0 Å². The molecular weight excluding hydrogens is 319 g/mol. The second-order valence-corrected chi connectivity index (χ2v) is 5.52. The SMILES string of the molecule is Cc1cc(Cl)ccc1C(=O)Nc1c(C)cc(Cl)nc1Cl. The van der Waals surface area contributed by atoms with Crippen molar-refractivity contribution in [2.24, 2.45) is 0 Å². The number of rotatable bonds is 2. The second kappa shape index (κ2) is 6.00. The summed E-state index contributed by atoms with van der Waals surface area (Å²) in [7, 11) is 0. The van der Waals surface area contributed by atoms with Gasteiger partial charge in [-0.25, -0.2) is 4.98 Å². The number of nitrogens with zero attached hydrogens (tertiary/aromatic N) is 1. The Bertz CT molecular complexity index is 663. The fraction of sp³-hybridized carbons (Fsp3) is 0.143. The van der Waals surface area contributed by atoms with Crippen LogP contribution in [0.4, 0.5) is 5.69 Å². The van der Waals surface area contributed by atoms with E-state index in [0.29, 0.717) is 16.3 Å². The van der Waals surface area contributed by atoms with Gasteiger partial charge < -0.3 is 5.32 Å². The van der Waals surface area contributed by atoms with Gasteiger partial charge in [0.05, 0.1) is 5.69 Å². The van der Waals surface area contributed by atoms with E-state index in [4.69, 9.17) is 34.8 Å². The minimum absolute atomic E-state index is 0.162. The Hall–Kier alpha value is -1.29. The van der Waals surface area contributed by atoms with Gasteiger partial charge in [0.25, 0.3) is 5.91 Å². The molecule has 1 aromatic carbocycles. The molecule has 0 spiro atoms. The summed E-state index contributed by atoms with van der Waals surface area (Å²) in [6.45, 7) is 3.61. The maximum absolute atomic E-state index is 12.3. The number of anilines is 1. The highest BCUT2D eigenvalue weighted by molar-refractivity contribution is 6.35. The van der Waals surface area contributed by atoms with Gasteiger partial charge >= 0.3 is 0 Å². The highest BCUT2D eigenvalue weighted by Gasteiger charge is 2.14. The largest absolute Gasteiger partial charge is 0.319 e. The van der Waals surface area contributed by atoms with Gasteiger partial charge in [0, 0.05) is 10.6 Å². The van der Waals surface area contributed by atoms with Crippen LogP contribution in [0.15, 0.2) is 24.3 Å². The molecule has 0 bridgehead atoms. The highest BCUT2D eigenvalue weighted by Crippen LogP contribution is 2.27. The van der Waals surface area contributed by atoms with Gasteiger partial charge in [-0.15, -0.1) is 0 Å². The van der Waals surface area contributed by atoms with Crippen LogP contribution >= 0.6 is 34.8 Å². The highest BCUT2D eigenvalue weighted by atomic mass is 35.5. The molecule has 1 aromatic heterocycles. The molecule has 2 aromatic rings. The van der Waals surface area contributed by atoms with E-state index >= 15 is 0 Å². The summed E-state index contributed by atoms with van der Waals surface area (Å²) in [6, 6.07) is 6.69. The molecule has 1 N–H and O–H groups in total. The third-order valence-electron chi connectivity index (χ3n) is 2.81. The van der Waals surface area contributed by atoms with Crippen LogP contribution in [0.25, 0.3) is 0 Å². The Morgan fingerprint density at radius 2 is 1.80 bits per heavy atom. The van der Waals surface area contributed by atoms with Crippen molar-refractivity contribution < 1.29 is 4.79 Å². The first-order valence-corrected chi connectivity index (χ1v) is 6.92. The van der Waals surface area contributed by atoms with Crippen LogP contribution in [0.3, 0.4) is 0 Å². The van der Waals surface area contributed by atoms with E-state index in [9.17, 15) is 4.79 Å². The first-order chi connectivity index (χ1) is 9.38. The quantitative estimate of drug-likeness (QED) is 0.795. The van der Waals surface area contributed by atoms with E-state index in [2.05, 4.69) is 10.3 Å². The van der Waals surface area contributed by atoms with E-state index in [-0.39, 0.29) is 16.2 Å². The molecule has 104 valence electrons. The number of nitrogens with one attached hydrogen (secondary N) is 1. The number of halogens is 3. The van der Waals surface area contributed by atoms with Gasteiger partial charge in [0.2, 0.25) is 0 Å². The Kier molecular flexibility index (Phi) is 4.53. The number of benzene rings is 1. The fourth-order valence-corrected chi connectivity index (χ4v) is 2.61. The van der Waals surface area contributed by atoms with Gasteiger partial charge in [-0.1, -0.05) is 34.8 Å². The molecule has 20 heavy (non-hydrogen) atoms. The lowest BCUT2D eigenvalue weighted by Gasteiger charge is -2.11. The normalized spacial score (nSPS) is 10.4. The summed E-state index contributed by atoms with van der Waals surface area (Å²) in [5.74, 6) is -0.270. The molecule has 0 fully saturated rings. The molecule has 0 aliphatic heterocycles. The number of aromatic nitrogens is 1. The summed E-state index contributed by atoms with van der Waals surface area (Å²) in [4.78, 5) is 16.2. The zero-order valence-corrected chi connectivity index (χ0v) is 13.1. The van der Waals surface area contributed by atoms with E-state index < -0.39 is 0 Å². The van der Waals surface area contributed by atoms with Crippen molar-refractivity contribution in [1.82, 2.24) is 4.98 Å². The number of aryl methyl sites for hydroxylation is 2. The van der Waals surface area contributed by atoms with Gasteiger partial charge in [-0.3, -0.25) is 4.79 Å². The number of carbonyl (C=O) groups excluding carboxylic acids is 1. The molecule has 1 heterocycles. The van der Waals surface area contributed by atoms with E-state index in [1.807, 2.05) is 6.92 Å². The zero-order chi connectivity index (χ0) is 14.9. The van der Waals surface area contributed by atoms with Crippen LogP contribution in [-0.4, -0.2) is 10.9 Å². The number of hydrogen-bond acceptors (Lipinski definition) is 2. The van der Waals surface area contributed by atoms with Gasteiger partial charge in [-0.2, -0.15) is 0 Å². The standard InChI is InChI=1S/C14H11Cl3N2O/c1-7-5-9(15)3-4-10(7)14(20)19-12-8(2)6-11(16)18-13(12)17/h3-6H,1-2H3,(H,19,20). The van der Waals surface area contributed by atoms with Crippen LogP contribution in [0.5, 0.6) is 0 Å². The zero-order valence-electron chi connectivity index (χ0n) is 10.8. The van der Waals surface area contributed by atoms with Crippen molar-refractivity contribution in [2.45, 2.75) is 13.8 Å². The maximum Gasteiger partial charge on any atom is 0.256 e. The molecule has 0 radical (unpaired) electrons. The Labute approximate surface area is 131 Å². The van der Waals surface area contributed by atoms with Crippen LogP contribution in [0, 0.1) is 13.8 Å². The summed E-state index contributed by atoms with van der Waals surface area (Å²) >= 11 is 17.7. The number of hydrogen-bond donors (Lipinski definition) is 1. The Morgan fingerprint density at radius 1 is 1.10 bits per heavy atom. The molecule has 2 rings (SSSR count). The molecule has 0 atom stereocenters. The lowest BCUT2D eigenvalue weighted by molar-refractivity contribution is 0.102. The summed E-state index contributed by atoms with van der Waals surface area (Å²) in [5.41, 5.74) is 2.51. The van der Waals surface area contributed by atoms with Crippen LogP contribution < -0.4 is 5.32 Å². The number of pyridine rings is 1. The molecule has 0 unspecified atom stereocenters. The van der Waals surface area contributed by atoms with Crippen LogP contribution in [0.1, 0.15) is 21.5 Å².